The van der Waals surface area contributed by atoms with Crippen LogP contribution in [0, 0.1) is 0 Å². The second-order valence-electron chi connectivity index (χ2n) is 9.06. The molecule has 2 aliphatic heterocycles. The van der Waals surface area contributed by atoms with Crippen molar-refractivity contribution in [3.63, 3.8) is 0 Å². The van der Waals surface area contributed by atoms with Crippen molar-refractivity contribution in [3.8, 4) is 0 Å². The Labute approximate surface area is 211 Å². The van der Waals surface area contributed by atoms with Gasteiger partial charge in [0.15, 0.2) is 0 Å². The molecule has 0 bridgehead atoms. The Hall–Kier alpha value is -4.48. The Morgan fingerprint density at radius 2 is 1.84 bits per heavy atom. The number of aldehydes is 1. The molecule has 0 radical (unpaired) electrons. The third-order valence-corrected chi connectivity index (χ3v) is 6.52. The largest absolute Gasteiger partial charge is 0.481 e. The molecule has 194 valence electrons. The lowest BCUT2D eigenvalue weighted by Gasteiger charge is -2.43. The number of hydrogen-bond acceptors (Lipinski definition) is 7. The van der Waals surface area contributed by atoms with Gasteiger partial charge in [-0.1, -0.05) is 24.3 Å². The van der Waals surface area contributed by atoms with E-state index in [2.05, 4.69) is 10.6 Å². The summed E-state index contributed by atoms with van der Waals surface area (Å²) in [5, 5.41) is 17.8. The topological polar surface area (TPSA) is 179 Å². The molecule has 2 saturated heterocycles. The molecular formula is C25H27N5O7. The van der Waals surface area contributed by atoms with Crippen molar-refractivity contribution < 1.29 is 33.9 Å². The van der Waals surface area contributed by atoms with Crippen LogP contribution in [-0.4, -0.2) is 75.7 Å². The van der Waals surface area contributed by atoms with Gasteiger partial charge in [0.05, 0.1) is 18.0 Å². The maximum atomic E-state index is 13.6. The number of nitrogens with one attached hydrogen (secondary N) is 2. The molecule has 4 amide bonds. The second-order valence-corrected chi connectivity index (χ2v) is 9.06. The summed E-state index contributed by atoms with van der Waals surface area (Å²) in [6.45, 7) is 0.207. The second kappa shape index (κ2) is 10.6. The number of anilines is 1. The minimum Gasteiger partial charge on any atom is -0.481 e. The number of hydrazine groups is 1. The summed E-state index contributed by atoms with van der Waals surface area (Å²) in [6.07, 6.45) is 0.281. The molecule has 37 heavy (non-hydrogen) atoms. The van der Waals surface area contributed by atoms with Crippen LogP contribution in [0.15, 0.2) is 36.4 Å². The van der Waals surface area contributed by atoms with Gasteiger partial charge in [-0.3, -0.25) is 29.0 Å². The van der Waals surface area contributed by atoms with Gasteiger partial charge in [0.2, 0.25) is 11.8 Å². The van der Waals surface area contributed by atoms with Crippen LogP contribution in [0.4, 0.5) is 5.69 Å². The molecule has 2 fully saturated rings. The van der Waals surface area contributed by atoms with Crippen molar-refractivity contribution >= 4 is 52.3 Å². The van der Waals surface area contributed by atoms with Gasteiger partial charge in [-0.15, -0.1) is 0 Å². The van der Waals surface area contributed by atoms with Gasteiger partial charge in [-0.25, -0.2) is 5.01 Å². The summed E-state index contributed by atoms with van der Waals surface area (Å²) in [5.74, 6) is -3.66. The summed E-state index contributed by atoms with van der Waals surface area (Å²) >= 11 is 0. The first-order chi connectivity index (χ1) is 17.7. The number of amides is 4. The molecule has 0 saturated carbocycles. The van der Waals surface area contributed by atoms with Gasteiger partial charge < -0.3 is 26.3 Å². The van der Waals surface area contributed by atoms with E-state index in [0.717, 1.165) is 15.8 Å². The smallest absolute Gasteiger partial charge is 0.305 e. The van der Waals surface area contributed by atoms with E-state index in [9.17, 15) is 28.8 Å². The zero-order valence-corrected chi connectivity index (χ0v) is 19.9. The van der Waals surface area contributed by atoms with E-state index in [4.69, 9.17) is 10.8 Å². The van der Waals surface area contributed by atoms with Gasteiger partial charge in [-0.05, 0) is 42.2 Å². The highest BCUT2D eigenvalue weighted by atomic mass is 16.4. The Kier molecular flexibility index (Phi) is 7.37. The fraction of sp³-hybridized carbons (Fsp3) is 0.360. The number of carbonyl (C=O) groups excluding carboxylic acids is 5. The summed E-state index contributed by atoms with van der Waals surface area (Å²) in [7, 11) is 0. The fourth-order valence-electron chi connectivity index (χ4n) is 4.70. The van der Waals surface area contributed by atoms with Crippen LogP contribution in [0.5, 0.6) is 0 Å². The first kappa shape index (κ1) is 25.6. The minimum absolute atomic E-state index is 0.0220. The van der Waals surface area contributed by atoms with Gasteiger partial charge in [0.25, 0.3) is 11.8 Å². The van der Waals surface area contributed by atoms with Crippen LogP contribution >= 0.6 is 0 Å². The molecule has 2 aromatic rings. The number of nitrogens with two attached hydrogens (primary N) is 1. The standard InChI is InChI=1S/C25H27N5O7/c26-18-11-15-5-2-1-4-14(15)10-17(18)23(35)28-19-7-8-21(32)29-9-3-6-20(30(29)25(19)37)24(36)27-16(13-31)12-22(33)34/h1-2,4-5,10-11,13,16,19-20H,3,6-9,12,26H2,(H,27,36)(H,28,35)(H,33,34)/t16-,19-,20-/m0/s1. The van der Waals surface area contributed by atoms with Gasteiger partial charge >= 0.3 is 5.97 Å². The molecule has 2 aromatic carbocycles. The predicted octanol–water partition coefficient (Wildman–Crippen LogP) is 0.207. The number of nitrogens with zero attached hydrogens (tertiary/aromatic N) is 2. The third kappa shape index (κ3) is 5.37. The molecule has 3 atom stereocenters. The van der Waals surface area contributed by atoms with E-state index in [1.807, 2.05) is 24.3 Å². The van der Waals surface area contributed by atoms with Crippen LogP contribution in [0.3, 0.4) is 0 Å². The van der Waals surface area contributed by atoms with Crippen LogP contribution < -0.4 is 16.4 Å². The highest BCUT2D eigenvalue weighted by Gasteiger charge is 2.45. The van der Waals surface area contributed by atoms with Gasteiger partial charge in [0.1, 0.15) is 18.4 Å². The SMILES string of the molecule is Nc1cc2ccccc2cc1C(=O)N[C@H]1CCC(=O)N2CCC[C@@H](C(=O)N[C@H](C=O)CC(=O)O)N2C1=O. The number of nitrogen functional groups attached to an aromatic ring is 1. The maximum absolute atomic E-state index is 13.6. The summed E-state index contributed by atoms with van der Waals surface area (Å²) in [6, 6.07) is 7.09. The quantitative estimate of drug-likeness (QED) is 0.302. The molecule has 12 nitrogen and oxygen atoms in total. The van der Waals surface area contributed by atoms with E-state index in [0.29, 0.717) is 12.7 Å². The first-order valence-corrected chi connectivity index (χ1v) is 11.9. The number of hydrogen-bond donors (Lipinski definition) is 4. The number of fused-ring (bicyclic) bond motifs is 2. The Morgan fingerprint density at radius 1 is 1.14 bits per heavy atom. The van der Waals surface area contributed by atoms with Crippen LogP contribution in [0.1, 0.15) is 42.5 Å². The average molecular weight is 510 g/mol. The van der Waals surface area contributed by atoms with Crippen molar-refractivity contribution in [2.45, 2.75) is 50.2 Å². The molecular weight excluding hydrogens is 482 g/mol. The first-order valence-electron chi connectivity index (χ1n) is 11.9. The molecule has 0 aliphatic carbocycles. The maximum Gasteiger partial charge on any atom is 0.305 e. The van der Waals surface area contributed by atoms with Gasteiger partial charge in [-0.2, -0.15) is 0 Å². The highest BCUT2D eigenvalue weighted by molar-refractivity contribution is 6.06. The summed E-state index contributed by atoms with van der Waals surface area (Å²) in [5.41, 5.74) is 6.50. The summed E-state index contributed by atoms with van der Waals surface area (Å²) in [4.78, 5) is 74.8. The van der Waals surface area contributed by atoms with Crippen molar-refractivity contribution in [3.05, 3.63) is 42.0 Å². The zero-order valence-electron chi connectivity index (χ0n) is 19.9. The average Bonchev–Trinajstić information content (AvgIpc) is 2.99. The molecule has 0 aromatic heterocycles. The Morgan fingerprint density at radius 3 is 2.51 bits per heavy atom. The fourth-order valence-corrected chi connectivity index (χ4v) is 4.70. The van der Waals surface area contributed by atoms with Crippen LogP contribution in [0.2, 0.25) is 0 Å². The molecule has 12 heteroatoms. The molecule has 0 unspecified atom stereocenters. The number of carboxylic acids is 1. The van der Waals surface area contributed by atoms with Crippen molar-refractivity contribution in [1.29, 1.82) is 0 Å². The lowest BCUT2D eigenvalue weighted by molar-refractivity contribution is -0.176. The van der Waals surface area contributed by atoms with E-state index in [1.165, 1.54) is 5.01 Å². The number of aliphatic carboxylic acids is 1. The van der Waals surface area contributed by atoms with Crippen molar-refractivity contribution in [2.24, 2.45) is 0 Å². The number of rotatable bonds is 7. The Bertz CT molecular complexity index is 1280. The third-order valence-electron chi connectivity index (χ3n) is 6.52. The van der Waals surface area contributed by atoms with E-state index < -0.39 is 48.2 Å². The predicted molar refractivity (Wildman–Crippen MR) is 131 cm³/mol. The monoisotopic (exact) mass is 509 g/mol. The summed E-state index contributed by atoms with van der Waals surface area (Å²) < 4.78 is 0. The zero-order chi connectivity index (χ0) is 26.7. The molecule has 0 spiro atoms. The number of carboxylic acid groups (broad SMARTS) is 1. The van der Waals surface area contributed by atoms with E-state index in [-0.39, 0.29) is 43.0 Å². The Balaban J connectivity index is 1.57. The highest BCUT2D eigenvalue weighted by Crippen LogP contribution is 2.26. The van der Waals surface area contributed by atoms with Crippen LogP contribution in [-0.2, 0) is 24.0 Å². The van der Waals surface area contributed by atoms with Gasteiger partial charge in [0, 0.05) is 18.7 Å². The molecule has 2 aliphatic rings. The molecule has 2 heterocycles. The lowest BCUT2D eigenvalue weighted by Crippen LogP contribution is -2.64. The number of benzene rings is 2. The van der Waals surface area contributed by atoms with Crippen LogP contribution in [0.25, 0.3) is 10.8 Å². The normalized spacial score (nSPS) is 20.5. The number of carbonyl (C=O) groups is 6. The lowest BCUT2D eigenvalue weighted by atomic mass is 10.0. The van der Waals surface area contributed by atoms with Crippen molar-refractivity contribution in [1.82, 2.24) is 20.7 Å². The van der Waals surface area contributed by atoms with Crippen molar-refractivity contribution in [2.75, 3.05) is 12.3 Å². The van der Waals surface area contributed by atoms with E-state index in [1.54, 1.807) is 12.1 Å². The minimum atomic E-state index is -1.29. The molecule has 5 N–H and O–H groups in total. The van der Waals surface area contributed by atoms with E-state index >= 15 is 0 Å². The molecule has 4 rings (SSSR count).